The van der Waals surface area contributed by atoms with Crippen LogP contribution in [0.4, 0.5) is 5.82 Å². The number of fused-ring (bicyclic) bond motifs is 1. The first kappa shape index (κ1) is 16.7. The van der Waals surface area contributed by atoms with Gasteiger partial charge in [-0.2, -0.15) is 0 Å². The summed E-state index contributed by atoms with van der Waals surface area (Å²) in [5.74, 6) is 1.22. The lowest BCUT2D eigenvalue weighted by atomic mass is 10.2. The van der Waals surface area contributed by atoms with Crippen LogP contribution in [0, 0.1) is 6.92 Å². The second-order valence-corrected chi connectivity index (χ2v) is 7.76. The molecule has 4 rings (SSSR count). The van der Waals surface area contributed by atoms with E-state index in [0.29, 0.717) is 6.54 Å². The fourth-order valence-electron chi connectivity index (χ4n) is 3.43. The predicted octanol–water partition coefficient (Wildman–Crippen LogP) is 0.981. The average Bonchev–Trinajstić information content (AvgIpc) is 3.03. The van der Waals surface area contributed by atoms with E-state index in [0.717, 1.165) is 68.5 Å². The quantitative estimate of drug-likeness (QED) is 0.812. The van der Waals surface area contributed by atoms with Crippen LogP contribution < -0.4 is 4.90 Å². The Morgan fingerprint density at radius 2 is 1.92 bits per heavy atom. The topological polar surface area (TPSA) is 61.8 Å². The largest absolute Gasteiger partial charge is 0.379 e. The molecule has 0 atom stereocenters. The Balaban J connectivity index is 1.38. The van der Waals surface area contributed by atoms with Gasteiger partial charge in [-0.15, -0.1) is 11.3 Å². The van der Waals surface area contributed by atoms with Crippen LogP contribution >= 0.6 is 11.3 Å². The molecule has 8 heteroatoms. The zero-order valence-electron chi connectivity index (χ0n) is 14.5. The highest BCUT2D eigenvalue weighted by atomic mass is 32.1. The maximum Gasteiger partial charge on any atom is 0.236 e. The first-order valence-electron chi connectivity index (χ1n) is 8.75. The van der Waals surface area contributed by atoms with E-state index in [1.54, 1.807) is 17.7 Å². The fraction of sp³-hybridized carbons (Fsp3) is 0.588. The van der Waals surface area contributed by atoms with Crippen LogP contribution in [0.15, 0.2) is 12.4 Å². The second kappa shape index (κ2) is 7.23. The van der Waals surface area contributed by atoms with Crippen LogP contribution in [0.1, 0.15) is 4.88 Å². The Morgan fingerprint density at radius 3 is 2.68 bits per heavy atom. The molecular formula is C17H23N5O2S. The minimum atomic E-state index is 0.223. The van der Waals surface area contributed by atoms with Gasteiger partial charge in [0, 0.05) is 44.1 Å². The molecule has 0 unspecified atom stereocenters. The Hall–Kier alpha value is -1.77. The third-order valence-corrected chi connectivity index (χ3v) is 5.78. The molecule has 0 N–H and O–H groups in total. The monoisotopic (exact) mass is 361 g/mol. The number of morpholine rings is 1. The van der Waals surface area contributed by atoms with E-state index in [9.17, 15) is 4.79 Å². The molecule has 0 bridgehead atoms. The van der Waals surface area contributed by atoms with Crippen molar-refractivity contribution in [2.75, 3.05) is 63.9 Å². The maximum absolute atomic E-state index is 12.5. The van der Waals surface area contributed by atoms with Gasteiger partial charge in [-0.05, 0) is 13.0 Å². The minimum Gasteiger partial charge on any atom is -0.379 e. The van der Waals surface area contributed by atoms with Crippen molar-refractivity contribution in [1.82, 2.24) is 19.8 Å². The fourth-order valence-corrected chi connectivity index (χ4v) is 4.28. The SMILES string of the molecule is Cc1cc2c(N3CCN(C(=O)CN4CCOCC4)CC3)ncnc2s1. The molecule has 2 aliphatic heterocycles. The first-order valence-corrected chi connectivity index (χ1v) is 9.56. The van der Waals surface area contributed by atoms with Gasteiger partial charge >= 0.3 is 0 Å². The van der Waals surface area contributed by atoms with Crippen LogP contribution in [-0.4, -0.2) is 84.7 Å². The molecule has 0 aliphatic carbocycles. The summed E-state index contributed by atoms with van der Waals surface area (Å²) >= 11 is 1.70. The van der Waals surface area contributed by atoms with E-state index in [4.69, 9.17) is 4.74 Å². The molecule has 2 aliphatic rings. The van der Waals surface area contributed by atoms with Crippen molar-refractivity contribution < 1.29 is 9.53 Å². The molecule has 25 heavy (non-hydrogen) atoms. The van der Waals surface area contributed by atoms with Crippen LogP contribution in [0.25, 0.3) is 10.2 Å². The molecular weight excluding hydrogens is 338 g/mol. The summed E-state index contributed by atoms with van der Waals surface area (Å²) < 4.78 is 5.34. The smallest absolute Gasteiger partial charge is 0.236 e. The summed E-state index contributed by atoms with van der Waals surface area (Å²) in [5.41, 5.74) is 0. The Labute approximate surface area is 151 Å². The Kier molecular flexibility index (Phi) is 4.82. The maximum atomic E-state index is 12.5. The number of carbonyl (C=O) groups is 1. The third kappa shape index (κ3) is 3.61. The summed E-state index contributed by atoms with van der Waals surface area (Å²) in [6, 6.07) is 2.16. The number of ether oxygens (including phenoxy) is 1. The zero-order valence-corrected chi connectivity index (χ0v) is 15.3. The van der Waals surface area contributed by atoms with E-state index in [1.165, 1.54) is 4.88 Å². The molecule has 0 aromatic carbocycles. The van der Waals surface area contributed by atoms with Crippen LogP contribution in [-0.2, 0) is 9.53 Å². The molecule has 4 heterocycles. The van der Waals surface area contributed by atoms with Crippen molar-refractivity contribution in [3.63, 3.8) is 0 Å². The highest BCUT2D eigenvalue weighted by Crippen LogP contribution is 2.30. The standard InChI is InChI=1S/C17H23N5O2S/c1-13-10-14-16(18-12-19-17(14)25-13)22-4-2-21(3-5-22)15(23)11-20-6-8-24-9-7-20/h10,12H,2-9,11H2,1H3. The van der Waals surface area contributed by atoms with E-state index < -0.39 is 0 Å². The van der Waals surface area contributed by atoms with E-state index in [1.807, 2.05) is 4.90 Å². The predicted molar refractivity (Wildman–Crippen MR) is 98.2 cm³/mol. The summed E-state index contributed by atoms with van der Waals surface area (Å²) in [4.78, 5) is 30.1. The van der Waals surface area contributed by atoms with Gasteiger partial charge in [0.2, 0.25) is 5.91 Å². The minimum absolute atomic E-state index is 0.223. The lowest BCUT2D eigenvalue weighted by molar-refractivity contribution is -0.133. The number of thiophene rings is 1. The molecule has 134 valence electrons. The number of amides is 1. The number of rotatable bonds is 3. The van der Waals surface area contributed by atoms with Gasteiger partial charge in [-0.1, -0.05) is 0 Å². The lowest BCUT2D eigenvalue weighted by Crippen LogP contribution is -2.52. The molecule has 1 amide bonds. The van der Waals surface area contributed by atoms with Gasteiger partial charge in [-0.25, -0.2) is 9.97 Å². The summed E-state index contributed by atoms with van der Waals surface area (Å²) in [5, 5.41) is 1.12. The molecule has 0 spiro atoms. The van der Waals surface area contributed by atoms with Crippen LogP contribution in [0.3, 0.4) is 0 Å². The van der Waals surface area contributed by atoms with Gasteiger partial charge in [0.05, 0.1) is 25.1 Å². The lowest BCUT2D eigenvalue weighted by Gasteiger charge is -2.37. The van der Waals surface area contributed by atoms with Crippen molar-refractivity contribution in [3.8, 4) is 0 Å². The van der Waals surface area contributed by atoms with Gasteiger partial charge in [-0.3, -0.25) is 9.69 Å². The molecule has 0 radical (unpaired) electrons. The highest BCUT2D eigenvalue weighted by Gasteiger charge is 2.25. The number of piperazine rings is 1. The number of hydrogen-bond donors (Lipinski definition) is 0. The second-order valence-electron chi connectivity index (χ2n) is 6.53. The number of aromatic nitrogens is 2. The zero-order chi connectivity index (χ0) is 17.2. The number of hydrogen-bond acceptors (Lipinski definition) is 7. The van der Waals surface area contributed by atoms with Gasteiger partial charge in [0.25, 0.3) is 0 Å². The highest BCUT2D eigenvalue weighted by molar-refractivity contribution is 7.18. The summed E-state index contributed by atoms with van der Waals surface area (Å²) in [7, 11) is 0. The van der Waals surface area contributed by atoms with Crippen molar-refractivity contribution in [2.45, 2.75) is 6.92 Å². The summed E-state index contributed by atoms with van der Waals surface area (Å²) in [6.07, 6.45) is 1.64. The van der Waals surface area contributed by atoms with Gasteiger partial charge in [0.15, 0.2) is 0 Å². The van der Waals surface area contributed by atoms with Crippen molar-refractivity contribution in [2.24, 2.45) is 0 Å². The van der Waals surface area contributed by atoms with E-state index in [2.05, 4.69) is 32.8 Å². The number of aryl methyl sites for hydroxylation is 1. The van der Waals surface area contributed by atoms with Gasteiger partial charge in [0.1, 0.15) is 17.0 Å². The van der Waals surface area contributed by atoms with Gasteiger partial charge < -0.3 is 14.5 Å². The molecule has 7 nitrogen and oxygen atoms in total. The third-order valence-electron chi connectivity index (χ3n) is 4.83. The van der Waals surface area contributed by atoms with E-state index in [-0.39, 0.29) is 5.91 Å². The Bertz CT molecular complexity index is 751. The van der Waals surface area contributed by atoms with Crippen LogP contribution in [0.2, 0.25) is 0 Å². The van der Waals surface area contributed by atoms with Crippen molar-refractivity contribution in [3.05, 3.63) is 17.3 Å². The first-order chi connectivity index (χ1) is 12.2. The van der Waals surface area contributed by atoms with Crippen LogP contribution in [0.5, 0.6) is 0 Å². The summed E-state index contributed by atoms with van der Waals surface area (Å²) in [6.45, 7) is 8.88. The van der Waals surface area contributed by atoms with Crippen molar-refractivity contribution >= 4 is 33.3 Å². The van der Waals surface area contributed by atoms with Crippen molar-refractivity contribution in [1.29, 1.82) is 0 Å². The average molecular weight is 361 g/mol. The molecule has 0 saturated carbocycles. The number of carbonyl (C=O) groups excluding carboxylic acids is 1. The molecule has 2 fully saturated rings. The Morgan fingerprint density at radius 1 is 1.16 bits per heavy atom. The molecule has 2 aromatic heterocycles. The molecule has 2 aromatic rings. The number of nitrogens with zero attached hydrogens (tertiary/aromatic N) is 5. The number of anilines is 1. The van der Waals surface area contributed by atoms with E-state index >= 15 is 0 Å². The molecule has 2 saturated heterocycles. The normalized spacial score (nSPS) is 19.6.